The number of benzene rings is 1. The SMILES string of the molecule is Cc1ccccc1OCC(=O)NN=Cc1c(C)nn(C)c1F. The summed E-state index contributed by atoms with van der Waals surface area (Å²) in [4.78, 5) is 11.6. The number of carbonyl (C=O) groups is 1. The third-order valence-electron chi connectivity index (χ3n) is 3.03. The fraction of sp³-hybridized carbons (Fsp3) is 0.267. The van der Waals surface area contributed by atoms with Crippen molar-refractivity contribution in [1.82, 2.24) is 15.2 Å². The summed E-state index contributed by atoms with van der Waals surface area (Å²) in [5.41, 5.74) is 3.96. The lowest BCUT2D eigenvalue weighted by atomic mass is 10.2. The van der Waals surface area contributed by atoms with Gasteiger partial charge >= 0.3 is 0 Å². The van der Waals surface area contributed by atoms with Crippen LogP contribution in [-0.2, 0) is 11.8 Å². The van der Waals surface area contributed by atoms with E-state index in [2.05, 4.69) is 15.6 Å². The maximum absolute atomic E-state index is 13.6. The van der Waals surface area contributed by atoms with E-state index < -0.39 is 11.9 Å². The van der Waals surface area contributed by atoms with Crippen LogP contribution >= 0.6 is 0 Å². The molecule has 0 aliphatic heterocycles. The monoisotopic (exact) mass is 304 g/mol. The van der Waals surface area contributed by atoms with E-state index in [1.807, 2.05) is 25.1 Å². The second-order valence-corrected chi connectivity index (χ2v) is 4.76. The summed E-state index contributed by atoms with van der Waals surface area (Å²) in [6.07, 6.45) is 1.23. The zero-order chi connectivity index (χ0) is 16.1. The van der Waals surface area contributed by atoms with Gasteiger partial charge in [0.15, 0.2) is 6.61 Å². The van der Waals surface area contributed by atoms with Crippen LogP contribution in [0.4, 0.5) is 4.39 Å². The highest BCUT2D eigenvalue weighted by Gasteiger charge is 2.10. The first-order valence-electron chi connectivity index (χ1n) is 6.68. The smallest absolute Gasteiger partial charge is 0.277 e. The molecule has 7 heteroatoms. The van der Waals surface area contributed by atoms with E-state index in [0.29, 0.717) is 11.4 Å². The van der Waals surface area contributed by atoms with Gasteiger partial charge in [-0.15, -0.1) is 0 Å². The minimum absolute atomic E-state index is 0.170. The molecule has 0 saturated heterocycles. The number of carbonyl (C=O) groups excluding carboxylic acids is 1. The van der Waals surface area contributed by atoms with Gasteiger partial charge in [-0.25, -0.2) is 10.1 Å². The first-order valence-corrected chi connectivity index (χ1v) is 6.68. The van der Waals surface area contributed by atoms with E-state index >= 15 is 0 Å². The predicted octanol–water partition coefficient (Wildman–Crippen LogP) is 1.71. The molecule has 2 aromatic rings. The number of nitrogens with zero attached hydrogens (tertiary/aromatic N) is 3. The molecule has 1 aromatic heterocycles. The molecule has 0 saturated carbocycles. The number of hydrazone groups is 1. The van der Waals surface area contributed by atoms with Crippen LogP contribution < -0.4 is 10.2 Å². The van der Waals surface area contributed by atoms with Gasteiger partial charge in [-0.05, 0) is 25.5 Å². The first-order chi connectivity index (χ1) is 10.5. The third-order valence-corrected chi connectivity index (χ3v) is 3.03. The van der Waals surface area contributed by atoms with Gasteiger partial charge in [0.1, 0.15) is 5.75 Å². The van der Waals surface area contributed by atoms with E-state index in [0.717, 1.165) is 10.2 Å². The molecular weight excluding hydrogens is 287 g/mol. The Morgan fingerprint density at radius 2 is 2.18 bits per heavy atom. The van der Waals surface area contributed by atoms with Crippen LogP contribution in [0.1, 0.15) is 16.8 Å². The summed E-state index contributed by atoms with van der Waals surface area (Å²) in [5.74, 6) is -0.302. The topological polar surface area (TPSA) is 68.5 Å². The van der Waals surface area contributed by atoms with E-state index in [1.165, 1.54) is 13.3 Å². The van der Waals surface area contributed by atoms with Crippen LogP contribution in [0.3, 0.4) is 0 Å². The van der Waals surface area contributed by atoms with Gasteiger partial charge in [0, 0.05) is 7.05 Å². The molecule has 6 nitrogen and oxygen atoms in total. The third kappa shape index (κ3) is 3.69. The van der Waals surface area contributed by atoms with Crippen molar-refractivity contribution in [2.75, 3.05) is 6.61 Å². The van der Waals surface area contributed by atoms with Crippen molar-refractivity contribution in [1.29, 1.82) is 0 Å². The predicted molar refractivity (Wildman–Crippen MR) is 80.3 cm³/mol. The Labute approximate surface area is 127 Å². The maximum atomic E-state index is 13.6. The summed E-state index contributed by atoms with van der Waals surface area (Å²) < 4.78 is 20.1. The summed E-state index contributed by atoms with van der Waals surface area (Å²) in [6, 6.07) is 7.38. The van der Waals surface area contributed by atoms with Gasteiger partial charge < -0.3 is 4.74 Å². The lowest BCUT2D eigenvalue weighted by Gasteiger charge is -2.07. The molecule has 1 amide bonds. The average molecular weight is 304 g/mol. The molecule has 0 unspecified atom stereocenters. The molecule has 0 aliphatic rings. The number of aryl methyl sites for hydroxylation is 3. The van der Waals surface area contributed by atoms with Crippen molar-refractivity contribution in [2.24, 2.45) is 12.1 Å². The summed E-state index contributed by atoms with van der Waals surface area (Å²) in [5, 5.41) is 7.62. The highest BCUT2D eigenvalue weighted by Crippen LogP contribution is 2.15. The number of aromatic nitrogens is 2. The van der Waals surface area contributed by atoms with Crippen molar-refractivity contribution in [3.05, 3.63) is 47.0 Å². The normalized spacial score (nSPS) is 10.9. The van der Waals surface area contributed by atoms with Crippen molar-refractivity contribution >= 4 is 12.1 Å². The Morgan fingerprint density at radius 1 is 1.45 bits per heavy atom. The molecule has 0 spiro atoms. The largest absolute Gasteiger partial charge is 0.483 e. The Morgan fingerprint density at radius 3 is 2.82 bits per heavy atom. The quantitative estimate of drug-likeness (QED) is 0.675. The van der Waals surface area contributed by atoms with Gasteiger partial charge in [-0.3, -0.25) is 4.79 Å². The van der Waals surface area contributed by atoms with Crippen LogP contribution in [0.2, 0.25) is 0 Å². The summed E-state index contributed by atoms with van der Waals surface area (Å²) in [6.45, 7) is 3.38. The lowest BCUT2D eigenvalue weighted by Crippen LogP contribution is -2.24. The fourth-order valence-corrected chi connectivity index (χ4v) is 1.86. The number of ether oxygens (including phenoxy) is 1. The Kier molecular flexibility index (Phi) is 4.88. The zero-order valence-corrected chi connectivity index (χ0v) is 12.6. The Balaban J connectivity index is 1.88. The van der Waals surface area contributed by atoms with E-state index in [4.69, 9.17) is 4.74 Å². The van der Waals surface area contributed by atoms with Gasteiger partial charge in [-0.1, -0.05) is 18.2 Å². The minimum atomic E-state index is -0.508. The molecule has 0 radical (unpaired) electrons. The van der Waals surface area contributed by atoms with Gasteiger partial charge in [0.25, 0.3) is 5.91 Å². The maximum Gasteiger partial charge on any atom is 0.277 e. The number of rotatable bonds is 5. The zero-order valence-electron chi connectivity index (χ0n) is 12.6. The molecule has 116 valence electrons. The number of halogens is 1. The summed E-state index contributed by atoms with van der Waals surface area (Å²) >= 11 is 0. The number of hydrogen-bond donors (Lipinski definition) is 1. The molecule has 1 aromatic carbocycles. The molecule has 1 N–H and O–H groups in total. The molecule has 0 bridgehead atoms. The van der Waals surface area contributed by atoms with Gasteiger partial charge in [0.05, 0.1) is 17.5 Å². The van der Waals surface area contributed by atoms with Crippen LogP contribution in [0.15, 0.2) is 29.4 Å². The van der Waals surface area contributed by atoms with Crippen LogP contribution in [0, 0.1) is 19.8 Å². The molecular formula is C15H17FN4O2. The van der Waals surface area contributed by atoms with Gasteiger partial charge in [0.2, 0.25) is 5.95 Å². The van der Waals surface area contributed by atoms with Gasteiger partial charge in [-0.2, -0.15) is 14.6 Å². The van der Waals surface area contributed by atoms with Crippen molar-refractivity contribution in [3.8, 4) is 5.75 Å². The number of para-hydroxylation sites is 1. The van der Waals surface area contributed by atoms with Crippen LogP contribution in [-0.4, -0.2) is 28.5 Å². The Bertz CT molecular complexity index is 710. The fourth-order valence-electron chi connectivity index (χ4n) is 1.86. The van der Waals surface area contributed by atoms with Crippen LogP contribution in [0.5, 0.6) is 5.75 Å². The summed E-state index contributed by atoms with van der Waals surface area (Å²) in [7, 11) is 1.49. The first kappa shape index (κ1) is 15.7. The number of nitrogens with one attached hydrogen (secondary N) is 1. The molecule has 1 heterocycles. The molecule has 0 aliphatic carbocycles. The van der Waals surface area contributed by atoms with Crippen molar-refractivity contribution < 1.29 is 13.9 Å². The van der Waals surface area contributed by atoms with Crippen molar-refractivity contribution in [2.45, 2.75) is 13.8 Å². The number of amides is 1. The highest BCUT2D eigenvalue weighted by atomic mass is 19.1. The standard InChI is InChI=1S/C15H17FN4O2/c1-10-6-4-5-7-13(10)22-9-14(21)18-17-8-12-11(2)19-20(3)15(12)16/h4-8H,9H2,1-3H3,(H,18,21). The van der Waals surface area contributed by atoms with E-state index in [1.54, 1.807) is 13.0 Å². The van der Waals surface area contributed by atoms with E-state index in [9.17, 15) is 9.18 Å². The Hall–Kier alpha value is -2.70. The molecule has 22 heavy (non-hydrogen) atoms. The molecule has 0 fully saturated rings. The highest BCUT2D eigenvalue weighted by molar-refractivity contribution is 5.83. The second-order valence-electron chi connectivity index (χ2n) is 4.76. The minimum Gasteiger partial charge on any atom is -0.483 e. The van der Waals surface area contributed by atoms with Crippen molar-refractivity contribution in [3.63, 3.8) is 0 Å². The average Bonchev–Trinajstić information content (AvgIpc) is 2.72. The second kappa shape index (κ2) is 6.84. The lowest BCUT2D eigenvalue weighted by molar-refractivity contribution is -0.123. The molecule has 0 atom stereocenters. The number of hydrogen-bond acceptors (Lipinski definition) is 4. The van der Waals surface area contributed by atoms with Crippen LogP contribution in [0.25, 0.3) is 0 Å². The molecule has 2 rings (SSSR count). The van der Waals surface area contributed by atoms with E-state index in [-0.39, 0.29) is 12.2 Å².